The molecule has 2 aromatic carbocycles. The molecule has 0 bridgehead atoms. The molecule has 7 heteroatoms. The number of halogens is 1. The summed E-state index contributed by atoms with van der Waals surface area (Å²) in [5.74, 6) is 0.815. The second kappa shape index (κ2) is 9.01. The number of hydrogen-bond acceptors (Lipinski definition) is 4. The van der Waals surface area contributed by atoms with E-state index >= 15 is 0 Å². The summed E-state index contributed by atoms with van der Waals surface area (Å²) in [4.78, 5) is 21.6. The van der Waals surface area contributed by atoms with E-state index in [-0.39, 0.29) is 5.91 Å². The van der Waals surface area contributed by atoms with Crippen molar-refractivity contribution in [3.63, 3.8) is 0 Å². The van der Waals surface area contributed by atoms with Crippen LogP contribution in [0, 0.1) is 0 Å². The molecular formula is C25H24ClN5O. The van der Waals surface area contributed by atoms with Gasteiger partial charge in [-0.1, -0.05) is 43.0 Å². The van der Waals surface area contributed by atoms with Crippen molar-refractivity contribution in [1.82, 2.24) is 19.7 Å². The fourth-order valence-electron chi connectivity index (χ4n) is 4.19. The smallest absolute Gasteiger partial charge is 0.251 e. The van der Waals surface area contributed by atoms with E-state index in [1.165, 1.54) is 19.3 Å². The number of aromatic nitrogens is 3. The van der Waals surface area contributed by atoms with Gasteiger partial charge in [-0.2, -0.15) is 0 Å². The standard InChI is InChI=1S/C25H24ClN5O/c26-19-10-6-17(7-11-19)23-24(31-15-14-27-16-22(31)30-23)28-21-12-8-18(9-13-21)25(32)29-20-4-2-1-3-5-20/h6-16,20,28H,1-5H2,(H,29,32). The molecule has 0 atom stereocenters. The molecular weight excluding hydrogens is 422 g/mol. The third-order valence-electron chi connectivity index (χ3n) is 5.90. The summed E-state index contributed by atoms with van der Waals surface area (Å²) < 4.78 is 1.96. The topological polar surface area (TPSA) is 71.3 Å². The third-order valence-corrected chi connectivity index (χ3v) is 6.15. The summed E-state index contributed by atoms with van der Waals surface area (Å²) in [5, 5.41) is 7.31. The molecule has 1 saturated carbocycles. The summed E-state index contributed by atoms with van der Waals surface area (Å²) in [7, 11) is 0. The highest BCUT2D eigenvalue weighted by atomic mass is 35.5. The molecule has 1 amide bonds. The van der Waals surface area contributed by atoms with Gasteiger partial charge in [-0.25, -0.2) is 4.98 Å². The maximum atomic E-state index is 12.6. The molecule has 5 rings (SSSR count). The van der Waals surface area contributed by atoms with Gasteiger partial charge in [0.05, 0.1) is 6.20 Å². The minimum Gasteiger partial charge on any atom is -0.349 e. The van der Waals surface area contributed by atoms with E-state index in [4.69, 9.17) is 16.6 Å². The molecule has 162 valence electrons. The Morgan fingerprint density at radius 3 is 2.50 bits per heavy atom. The van der Waals surface area contributed by atoms with Crippen LogP contribution in [0.5, 0.6) is 0 Å². The summed E-state index contributed by atoms with van der Waals surface area (Å²) >= 11 is 6.07. The quantitative estimate of drug-likeness (QED) is 0.404. The molecule has 2 aromatic heterocycles. The Morgan fingerprint density at radius 2 is 1.75 bits per heavy atom. The van der Waals surface area contributed by atoms with Crippen LogP contribution in [-0.2, 0) is 0 Å². The van der Waals surface area contributed by atoms with E-state index in [1.54, 1.807) is 12.4 Å². The predicted molar refractivity (Wildman–Crippen MR) is 127 cm³/mol. The number of carbonyl (C=O) groups is 1. The molecule has 32 heavy (non-hydrogen) atoms. The van der Waals surface area contributed by atoms with Crippen LogP contribution in [0.25, 0.3) is 16.9 Å². The molecule has 1 aliphatic carbocycles. The monoisotopic (exact) mass is 445 g/mol. The number of fused-ring (bicyclic) bond motifs is 1. The fraction of sp³-hybridized carbons (Fsp3) is 0.240. The van der Waals surface area contributed by atoms with Crippen LogP contribution in [0.3, 0.4) is 0 Å². The molecule has 2 heterocycles. The van der Waals surface area contributed by atoms with Gasteiger partial charge in [0, 0.05) is 40.3 Å². The van der Waals surface area contributed by atoms with Crippen molar-refractivity contribution in [2.75, 3.05) is 5.32 Å². The summed E-state index contributed by atoms with van der Waals surface area (Å²) in [6.07, 6.45) is 11.1. The summed E-state index contributed by atoms with van der Waals surface area (Å²) in [6.45, 7) is 0. The number of carbonyl (C=O) groups excluding carboxylic acids is 1. The lowest BCUT2D eigenvalue weighted by Gasteiger charge is -2.22. The van der Waals surface area contributed by atoms with Gasteiger partial charge in [-0.05, 0) is 49.2 Å². The van der Waals surface area contributed by atoms with Gasteiger partial charge in [0.15, 0.2) is 5.65 Å². The van der Waals surface area contributed by atoms with Gasteiger partial charge in [-0.15, -0.1) is 0 Å². The van der Waals surface area contributed by atoms with Crippen LogP contribution < -0.4 is 10.6 Å². The van der Waals surface area contributed by atoms with E-state index in [0.29, 0.717) is 16.6 Å². The number of hydrogen-bond donors (Lipinski definition) is 2. The zero-order valence-electron chi connectivity index (χ0n) is 17.6. The molecule has 6 nitrogen and oxygen atoms in total. The van der Waals surface area contributed by atoms with E-state index in [0.717, 1.165) is 41.3 Å². The highest BCUT2D eigenvalue weighted by molar-refractivity contribution is 6.30. The predicted octanol–water partition coefficient (Wildman–Crippen LogP) is 5.86. The SMILES string of the molecule is O=C(NC1CCCCC1)c1ccc(Nc2c(-c3ccc(Cl)cc3)nc3cnccn23)cc1. The minimum absolute atomic E-state index is 0.00817. The number of rotatable bonds is 5. The van der Waals surface area contributed by atoms with Crippen molar-refractivity contribution in [2.45, 2.75) is 38.1 Å². The van der Waals surface area contributed by atoms with E-state index in [9.17, 15) is 4.79 Å². The van der Waals surface area contributed by atoms with Crippen molar-refractivity contribution < 1.29 is 4.79 Å². The van der Waals surface area contributed by atoms with Crippen LogP contribution in [0.1, 0.15) is 42.5 Å². The molecule has 0 radical (unpaired) electrons. The van der Waals surface area contributed by atoms with Crippen LogP contribution in [0.15, 0.2) is 67.1 Å². The Balaban J connectivity index is 1.40. The largest absolute Gasteiger partial charge is 0.349 e. The Labute approximate surface area is 191 Å². The van der Waals surface area contributed by atoms with Gasteiger partial charge >= 0.3 is 0 Å². The highest BCUT2D eigenvalue weighted by Gasteiger charge is 2.17. The minimum atomic E-state index is -0.00817. The van der Waals surface area contributed by atoms with E-state index in [1.807, 2.05) is 59.1 Å². The first-order valence-electron chi connectivity index (χ1n) is 10.9. The van der Waals surface area contributed by atoms with Gasteiger partial charge in [0.2, 0.25) is 0 Å². The number of nitrogens with zero attached hydrogens (tertiary/aromatic N) is 3. The average molecular weight is 446 g/mol. The zero-order chi connectivity index (χ0) is 21.9. The van der Waals surface area contributed by atoms with Crippen molar-refractivity contribution in [3.05, 3.63) is 77.7 Å². The number of imidazole rings is 1. The van der Waals surface area contributed by atoms with Gasteiger partial charge < -0.3 is 10.6 Å². The lowest BCUT2D eigenvalue weighted by Crippen LogP contribution is -2.36. The van der Waals surface area contributed by atoms with Crippen molar-refractivity contribution in [1.29, 1.82) is 0 Å². The summed E-state index contributed by atoms with van der Waals surface area (Å²) in [6, 6.07) is 15.4. The molecule has 1 fully saturated rings. The Bertz CT molecular complexity index is 1230. The van der Waals surface area contributed by atoms with E-state index < -0.39 is 0 Å². The molecule has 4 aromatic rings. The fourth-order valence-corrected chi connectivity index (χ4v) is 4.32. The Kier molecular flexibility index (Phi) is 5.77. The molecule has 0 spiro atoms. The third kappa shape index (κ3) is 4.32. The lowest BCUT2D eigenvalue weighted by molar-refractivity contribution is 0.0927. The first kappa shape index (κ1) is 20.5. The van der Waals surface area contributed by atoms with Crippen molar-refractivity contribution in [2.24, 2.45) is 0 Å². The van der Waals surface area contributed by atoms with Crippen LogP contribution in [0.2, 0.25) is 5.02 Å². The molecule has 1 aliphatic rings. The van der Waals surface area contributed by atoms with Gasteiger partial charge in [0.1, 0.15) is 11.5 Å². The maximum Gasteiger partial charge on any atom is 0.251 e. The Morgan fingerprint density at radius 1 is 1.00 bits per heavy atom. The summed E-state index contributed by atoms with van der Waals surface area (Å²) in [5.41, 5.74) is 4.02. The normalized spacial score (nSPS) is 14.4. The molecule has 0 saturated heterocycles. The highest BCUT2D eigenvalue weighted by Crippen LogP contribution is 2.31. The Hall–Kier alpha value is -3.38. The second-order valence-electron chi connectivity index (χ2n) is 8.13. The lowest BCUT2D eigenvalue weighted by atomic mass is 9.95. The molecule has 0 aliphatic heterocycles. The molecule has 2 N–H and O–H groups in total. The number of nitrogens with one attached hydrogen (secondary N) is 2. The van der Waals surface area contributed by atoms with Crippen LogP contribution in [-0.4, -0.2) is 26.3 Å². The second-order valence-corrected chi connectivity index (χ2v) is 8.57. The average Bonchev–Trinajstić information content (AvgIpc) is 3.19. The zero-order valence-corrected chi connectivity index (χ0v) is 18.3. The number of anilines is 2. The first-order chi connectivity index (χ1) is 15.7. The first-order valence-corrected chi connectivity index (χ1v) is 11.3. The maximum absolute atomic E-state index is 12.6. The van der Waals surface area contributed by atoms with E-state index in [2.05, 4.69) is 15.6 Å². The van der Waals surface area contributed by atoms with Gasteiger partial charge in [0.25, 0.3) is 5.91 Å². The van der Waals surface area contributed by atoms with Crippen molar-refractivity contribution in [3.8, 4) is 11.3 Å². The number of benzene rings is 2. The van der Waals surface area contributed by atoms with Crippen molar-refractivity contribution >= 4 is 34.7 Å². The van der Waals surface area contributed by atoms with Crippen LogP contribution in [0.4, 0.5) is 11.5 Å². The van der Waals surface area contributed by atoms with Gasteiger partial charge in [-0.3, -0.25) is 14.2 Å². The van der Waals surface area contributed by atoms with Crippen LogP contribution >= 0.6 is 11.6 Å². The number of amides is 1. The molecule has 0 unspecified atom stereocenters.